The Kier molecular flexibility index (Phi) is 4.01. The van der Waals surface area contributed by atoms with Crippen LogP contribution in [0.3, 0.4) is 0 Å². The summed E-state index contributed by atoms with van der Waals surface area (Å²) in [6, 6.07) is 4.93. The molecular weight excluding hydrogens is 288 g/mol. The molecule has 0 aliphatic carbocycles. The second-order valence-corrected chi connectivity index (χ2v) is 4.90. The Hall–Kier alpha value is -2.48. The third-order valence-corrected chi connectivity index (χ3v) is 3.48. The van der Waals surface area contributed by atoms with Crippen LogP contribution in [0.15, 0.2) is 22.8 Å². The molecule has 1 aliphatic rings. The minimum atomic E-state index is -0.243. The molecule has 8 heteroatoms. The maximum Gasteiger partial charge on any atom is 0.272 e. The average Bonchev–Trinajstić information content (AvgIpc) is 3.19. The number of carbonyl (C=O) groups is 2. The topological polar surface area (TPSA) is 88.8 Å². The van der Waals surface area contributed by atoms with E-state index in [-0.39, 0.29) is 18.4 Å². The zero-order valence-corrected chi connectivity index (χ0v) is 12.2. The number of fused-ring (bicyclic) bond motifs is 1. The Balaban J connectivity index is 1.79. The first-order valence-electron chi connectivity index (χ1n) is 7.13. The zero-order valence-electron chi connectivity index (χ0n) is 12.2. The van der Waals surface area contributed by atoms with Crippen LogP contribution in [0.5, 0.6) is 0 Å². The molecule has 2 amide bonds. The number of amides is 2. The van der Waals surface area contributed by atoms with Crippen molar-refractivity contribution in [1.82, 2.24) is 20.3 Å². The van der Waals surface area contributed by atoms with Gasteiger partial charge in [0.05, 0.1) is 0 Å². The lowest BCUT2D eigenvalue weighted by Gasteiger charge is -2.27. The Morgan fingerprint density at radius 1 is 1.23 bits per heavy atom. The van der Waals surface area contributed by atoms with Crippen LogP contribution >= 0.6 is 0 Å². The van der Waals surface area contributed by atoms with Gasteiger partial charge in [0.15, 0.2) is 0 Å². The van der Waals surface area contributed by atoms with Gasteiger partial charge in [-0.25, -0.2) is 14.6 Å². The van der Waals surface area contributed by atoms with Crippen molar-refractivity contribution >= 4 is 22.8 Å². The molecule has 2 heterocycles. The Morgan fingerprint density at radius 3 is 2.82 bits per heavy atom. The number of aromatic nitrogens is 2. The van der Waals surface area contributed by atoms with Crippen molar-refractivity contribution in [3.63, 3.8) is 0 Å². The lowest BCUT2D eigenvalue weighted by molar-refractivity contribution is -0.145. The molecule has 0 atom stereocenters. The van der Waals surface area contributed by atoms with Gasteiger partial charge in [-0.3, -0.25) is 9.59 Å². The molecule has 0 bridgehead atoms. The Labute approximate surface area is 126 Å². The van der Waals surface area contributed by atoms with Crippen molar-refractivity contribution in [2.24, 2.45) is 0 Å². The van der Waals surface area contributed by atoms with E-state index in [4.69, 9.17) is 4.74 Å². The fourth-order valence-electron chi connectivity index (χ4n) is 2.41. The molecule has 0 radical (unpaired) electrons. The highest BCUT2D eigenvalue weighted by atomic mass is 16.6. The van der Waals surface area contributed by atoms with Crippen molar-refractivity contribution < 1.29 is 19.0 Å². The van der Waals surface area contributed by atoms with E-state index in [2.05, 4.69) is 14.9 Å². The summed E-state index contributed by atoms with van der Waals surface area (Å²) < 4.78 is 9.75. The summed E-state index contributed by atoms with van der Waals surface area (Å²) in [4.78, 5) is 24.7. The van der Waals surface area contributed by atoms with Crippen molar-refractivity contribution in [1.29, 1.82) is 0 Å². The Bertz CT molecular complexity index is 699. The molecule has 116 valence electrons. The number of carbonyl (C=O) groups excluding carboxylic acids is 2. The van der Waals surface area contributed by atoms with Crippen LogP contribution in [-0.4, -0.2) is 58.4 Å². The van der Waals surface area contributed by atoms with E-state index < -0.39 is 0 Å². The van der Waals surface area contributed by atoms with Gasteiger partial charge in [-0.2, -0.15) is 0 Å². The highest BCUT2D eigenvalue weighted by Gasteiger charge is 2.31. The molecular formula is C14H16N4O4. The first-order valence-corrected chi connectivity index (χ1v) is 7.13. The molecule has 1 fully saturated rings. The van der Waals surface area contributed by atoms with Crippen LogP contribution in [0.25, 0.3) is 11.0 Å². The second-order valence-electron chi connectivity index (χ2n) is 4.90. The SMILES string of the molecule is CCOCC(=O)N1CCCN1C(=O)c1ccc2nonc2c1. The molecule has 22 heavy (non-hydrogen) atoms. The minimum Gasteiger partial charge on any atom is -0.372 e. The van der Waals surface area contributed by atoms with Gasteiger partial charge in [0.25, 0.3) is 11.8 Å². The van der Waals surface area contributed by atoms with Gasteiger partial charge >= 0.3 is 0 Å². The molecule has 0 saturated carbocycles. The summed E-state index contributed by atoms with van der Waals surface area (Å²) >= 11 is 0. The molecule has 1 aliphatic heterocycles. The minimum absolute atomic E-state index is 0.0213. The maximum atomic E-state index is 12.6. The lowest BCUT2D eigenvalue weighted by Crippen LogP contribution is -2.46. The molecule has 0 spiro atoms. The fraction of sp³-hybridized carbons (Fsp3) is 0.429. The number of hydrogen-bond acceptors (Lipinski definition) is 6. The van der Waals surface area contributed by atoms with E-state index in [1.165, 1.54) is 10.0 Å². The van der Waals surface area contributed by atoms with Crippen LogP contribution in [-0.2, 0) is 9.53 Å². The highest BCUT2D eigenvalue weighted by Crippen LogP contribution is 2.18. The molecule has 3 rings (SSSR count). The summed E-state index contributed by atoms with van der Waals surface area (Å²) in [5.74, 6) is -0.455. The molecule has 2 aromatic rings. The smallest absolute Gasteiger partial charge is 0.272 e. The number of ether oxygens (including phenoxy) is 1. The number of benzene rings is 1. The van der Waals surface area contributed by atoms with E-state index in [0.717, 1.165) is 6.42 Å². The Morgan fingerprint density at radius 2 is 2.00 bits per heavy atom. The fourth-order valence-corrected chi connectivity index (χ4v) is 2.41. The molecule has 1 saturated heterocycles. The second kappa shape index (κ2) is 6.10. The van der Waals surface area contributed by atoms with Crippen molar-refractivity contribution in [3.8, 4) is 0 Å². The van der Waals surface area contributed by atoms with Gasteiger partial charge in [-0.15, -0.1) is 0 Å². The van der Waals surface area contributed by atoms with Gasteiger partial charge in [0.1, 0.15) is 17.6 Å². The molecule has 0 unspecified atom stereocenters. The lowest BCUT2D eigenvalue weighted by atomic mass is 10.2. The van der Waals surface area contributed by atoms with E-state index in [9.17, 15) is 9.59 Å². The van der Waals surface area contributed by atoms with Gasteiger partial charge in [0, 0.05) is 25.3 Å². The van der Waals surface area contributed by atoms with Crippen LogP contribution in [0, 0.1) is 0 Å². The van der Waals surface area contributed by atoms with Crippen LogP contribution in [0.1, 0.15) is 23.7 Å². The normalized spacial score (nSPS) is 14.8. The maximum absolute atomic E-state index is 12.6. The van der Waals surface area contributed by atoms with E-state index in [1.54, 1.807) is 18.2 Å². The third kappa shape index (κ3) is 2.64. The van der Waals surface area contributed by atoms with Gasteiger partial charge in [0.2, 0.25) is 0 Å². The number of rotatable bonds is 4. The molecule has 8 nitrogen and oxygen atoms in total. The summed E-state index contributed by atoms with van der Waals surface area (Å²) in [5.41, 5.74) is 1.54. The zero-order chi connectivity index (χ0) is 15.5. The number of hydrogen-bond donors (Lipinski definition) is 0. The van der Waals surface area contributed by atoms with Crippen molar-refractivity contribution in [2.75, 3.05) is 26.3 Å². The number of hydrazine groups is 1. The summed E-state index contributed by atoms with van der Waals surface area (Å²) in [6.07, 6.45) is 0.747. The first kappa shape index (κ1) is 14.5. The average molecular weight is 304 g/mol. The third-order valence-electron chi connectivity index (χ3n) is 3.48. The van der Waals surface area contributed by atoms with Crippen LogP contribution in [0.4, 0.5) is 0 Å². The molecule has 0 N–H and O–H groups in total. The van der Waals surface area contributed by atoms with Crippen LogP contribution < -0.4 is 0 Å². The largest absolute Gasteiger partial charge is 0.372 e. The van der Waals surface area contributed by atoms with Gasteiger partial charge in [-0.05, 0) is 41.9 Å². The van der Waals surface area contributed by atoms with E-state index in [1.807, 2.05) is 6.92 Å². The highest BCUT2D eigenvalue weighted by molar-refractivity contribution is 5.98. The van der Waals surface area contributed by atoms with Gasteiger partial charge < -0.3 is 4.74 Å². The quantitative estimate of drug-likeness (QED) is 0.832. The first-order chi connectivity index (χ1) is 10.7. The van der Waals surface area contributed by atoms with Crippen LogP contribution in [0.2, 0.25) is 0 Å². The predicted octanol–water partition coefficient (Wildman–Crippen LogP) is 0.849. The van der Waals surface area contributed by atoms with Gasteiger partial charge in [-0.1, -0.05) is 0 Å². The van der Waals surface area contributed by atoms with Crippen molar-refractivity contribution in [3.05, 3.63) is 23.8 Å². The molecule has 1 aromatic heterocycles. The standard InChI is InChI=1S/C14H16N4O4/c1-2-21-9-13(19)17-6-3-7-18(17)14(20)10-4-5-11-12(8-10)16-22-15-11/h4-5,8H,2-3,6-7,9H2,1H3. The summed E-state index contributed by atoms with van der Waals surface area (Å²) in [7, 11) is 0. The summed E-state index contributed by atoms with van der Waals surface area (Å²) in [6.45, 7) is 3.29. The molecule has 1 aromatic carbocycles. The monoisotopic (exact) mass is 304 g/mol. The summed E-state index contributed by atoms with van der Waals surface area (Å²) in [5, 5.41) is 10.3. The predicted molar refractivity (Wildman–Crippen MR) is 75.7 cm³/mol. The van der Waals surface area contributed by atoms with Crippen molar-refractivity contribution in [2.45, 2.75) is 13.3 Å². The van der Waals surface area contributed by atoms with E-state index in [0.29, 0.717) is 36.3 Å². The van der Waals surface area contributed by atoms with E-state index >= 15 is 0 Å². The number of nitrogens with zero attached hydrogens (tertiary/aromatic N) is 4.